The van der Waals surface area contributed by atoms with Crippen molar-refractivity contribution in [2.45, 2.75) is 18.4 Å². The fraction of sp³-hybridized carbons (Fsp3) is 0.190. The van der Waals surface area contributed by atoms with E-state index in [2.05, 4.69) is 15.1 Å². The number of aryl methyl sites for hydroxylation is 1. The van der Waals surface area contributed by atoms with Gasteiger partial charge in [0, 0.05) is 16.9 Å². The summed E-state index contributed by atoms with van der Waals surface area (Å²) >= 11 is 1.65. The quantitative estimate of drug-likeness (QED) is 0.430. The lowest BCUT2D eigenvalue weighted by Gasteiger charge is -1.99. The molecule has 0 fully saturated rings. The summed E-state index contributed by atoms with van der Waals surface area (Å²) in [6.07, 6.45) is 1.68. The molecule has 0 radical (unpaired) electrons. The van der Waals surface area contributed by atoms with Crippen LogP contribution in [0.4, 0.5) is 0 Å². The molecule has 0 bridgehead atoms. The van der Waals surface area contributed by atoms with E-state index in [0.717, 1.165) is 22.6 Å². The molecule has 0 aliphatic carbocycles. The van der Waals surface area contributed by atoms with Crippen LogP contribution in [0.5, 0.6) is 5.75 Å². The maximum atomic E-state index is 5.58. The molecule has 4 rings (SSSR count). The van der Waals surface area contributed by atoms with Gasteiger partial charge in [-0.25, -0.2) is 4.98 Å². The van der Waals surface area contributed by atoms with Crippen molar-refractivity contribution in [1.82, 2.24) is 15.1 Å². The summed E-state index contributed by atoms with van der Waals surface area (Å²) in [5, 5.41) is 4.06. The smallest absolute Gasteiger partial charge is 0.236 e. The average Bonchev–Trinajstić information content (AvgIpc) is 3.39. The summed E-state index contributed by atoms with van der Waals surface area (Å²) < 4.78 is 16.1. The van der Waals surface area contributed by atoms with E-state index in [-0.39, 0.29) is 0 Å². The van der Waals surface area contributed by atoms with Gasteiger partial charge in [0.25, 0.3) is 0 Å². The summed E-state index contributed by atoms with van der Waals surface area (Å²) in [4.78, 5) is 8.99. The number of nitrogens with zero attached hydrogens (tertiary/aromatic N) is 3. The third kappa shape index (κ3) is 4.26. The first-order chi connectivity index (χ1) is 13.7. The van der Waals surface area contributed by atoms with Gasteiger partial charge in [0.15, 0.2) is 0 Å². The monoisotopic (exact) mass is 393 g/mol. The average molecular weight is 393 g/mol. The Kier molecular flexibility index (Phi) is 5.43. The highest BCUT2D eigenvalue weighted by molar-refractivity contribution is 7.97. The number of benzene rings is 2. The highest BCUT2D eigenvalue weighted by Gasteiger charge is 2.11. The van der Waals surface area contributed by atoms with Crippen LogP contribution in [0.15, 0.2) is 63.7 Å². The zero-order chi connectivity index (χ0) is 19.3. The first-order valence-electron chi connectivity index (χ1n) is 8.77. The molecule has 142 valence electrons. The minimum absolute atomic E-state index is 0.595. The Morgan fingerprint density at radius 1 is 0.929 bits per heavy atom. The summed E-state index contributed by atoms with van der Waals surface area (Å²) in [5.41, 5.74) is 3.93. The standard InChI is InChI=1S/C21H19N3O3S/c1-14-3-5-15(6-4-14)20-23-19(27-24-20)13-28-12-17-11-26-21(22-17)16-7-9-18(25-2)10-8-16/h3-11H,12-13H2,1-2H3. The Hall–Kier alpha value is -3.06. The lowest BCUT2D eigenvalue weighted by molar-refractivity contribution is 0.391. The molecule has 0 amide bonds. The number of thioether (sulfide) groups is 1. The molecule has 6 nitrogen and oxygen atoms in total. The fourth-order valence-electron chi connectivity index (χ4n) is 2.62. The SMILES string of the molecule is COc1ccc(-c2nc(CSCc3nc(-c4ccc(C)cc4)no3)co2)cc1. The van der Waals surface area contributed by atoms with E-state index in [1.165, 1.54) is 5.56 Å². The molecule has 0 atom stereocenters. The third-order valence-corrected chi connectivity index (χ3v) is 5.09. The lowest BCUT2D eigenvalue weighted by atomic mass is 10.1. The van der Waals surface area contributed by atoms with Crippen LogP contribution >= 0.6 is 11.8 Å². The van der Waals surface area contributed by atoms with Crippen LogP contribution in [-0.4, -0.2) is 22.2 Å². The molecule has 0 aliphatic heterocycles. The number of methoxy groups -OCH3 is 1. The van der Waals surface area contributed by atoms with Crippen LogP contribution in [-0.2, 0) is 11.5 Å². The predicted octanol–water partition coefficient (Wildman–Crippen LogP) is 5.14. The zero-order valence-electron chi connectivity index (χ0n) is 15.6. The predicted molar refractivity (Wildman–Crippen MR) is 108 cm³/mol. The first kappa shape index (κ1) is 18.3. The normalized spacial score (nSPS) is 10.9. The number of rotatable bonds is 7. The van der Waals surface area contributed by atoms with Crippen LogP contribution in [0, 0.1) is 6.92 Å². The lowest BCUT2D eigenvalue weighted by Crippen LogP contribution is -1.86. The van der Waals surface area contributed by atoms with E-state index in [1.54, 1.807) is 25.1 Å². The molecule has 0 saturated heterocycles. The molecule has 4 aromatic rings. The number of ether oxygens (including phenoxy) is 1. The van der Waals surface area contributed by atoms with Crippen molar-refractivity contribution in [1.29, 1.82) is 0 Å². The van der Waals surface area contributed by atoms with Crippen molar-refractivity contribution in [3.05, 3.63) is 71.9 Å². The molecular weight excluding hydrogens is 374 g/mol. The van der Waals surface area contributed by atoms with Crippen LogP contribution in [0.3, 0.4) is 0 Å². The molecule has 0 aliphatic rings. The summed E-state index contributed by atoms with van der Waals surface area (Å²) in [6, 6.07) is 15.7. The molecule has 0 spiro atoms. The van der Waals surface area contributed by atoms with Gasteiger partial charge in [-0.05, 0) is 31.2 Å². The maximum Gasteiger partial charge on any atom is 0.236 e. The minimum atomic E-state index is 0.595. The maximum absolute atomic E-state index is 5.58. The molecule has 0 unspecified atom stereocenters. The van der Waals surface area contributed by atoms with E-state index in [0.29, 0.717) is 29.1 Å². The Morgan fingerprint density at radius 3 is 2.43 bits per heavy atom. The fourth-order valence-corrected chi connectivity index (χ4v) is 3.35. The van der Waals surface area contributed by atoms with Gasteiger partial charge in [0.05, 0.1) is 18.6 Å². The van der Waals surface area contributed by atoms with Crippen LogP contribution in [0.2, 0.25) is 0 Å². The van der Waals surface area contributed by atoms with Crippen molar-refractivity contribution < 1.29 is 13.7 Å². The molecular formula is C21H19N3O3S. The van der Waals surface area contributed by atoms with E-state index in [1.807, 2.05) is 55.5 Å². The second kappa shape index (κ2) is 8.31. The second-order valence-corrected chi connectivity index (χ2v) is 7.23. The minimum Gasteiger partial charge on any atom is -0.497 e. The van der Waals surface area contributed by atoms with Crippen molar-refractivity contribution in [2.24, 2.45) is 0 Å². The topological polar surface area (TPSA) is 74.2 Å². The van der Waals surface area contributed by atoms with Crippen LogP contribution in [0.1, 0.15) is 17.1 Å². The summed E-state index contributed by atoms with van der Waals surface area (Å²) in [7, 11) is 1.64. The number of oxazole rings is 1. The van der Waals surface area contributed by atoms with E-state index in [9.17, 15) is 0 Å². The molecule has 2 aromatic heterocycles. The van der Waals surface area contributed by atoms with Gasteiger partial charge in [-0.15, -0.1) is 11.8 Å². The second-order valence-electron chi connectivity index (χ2n) is 6.24. The molecule has 28 heavy (non-hydrogen) atoms. The Morgan fingerprint density at radius 2 is 1.68 bits per heavy atom. The van der Waals surface area contributed by atoms with Crippen molar-refractivity contribution in [3.8, 4) is 28.6 Å². The Labute approximate surface area is 166 Å². The van der Waals surface area contributed by atoms with Gasteiger partial charge in [-0.2, -0.15) is 4.98 Å². The summed E-state index contributed by atoms with van der Waals surface area (Å²) in [5.74, 6) is 3.91. The third-order valence-electron chi connectivity index (χ3n) is 4.14. The van der Waals surface area contributed by atoms with Crippen molar-refractivity contribution in [3.63, 3.8) is 0 Å². The number of aromatic nitrogens is 3. The Bertz CT molecular complexity index is 1040. The zero-order valence-corrected chi connectivity index (χ0v) is 16.4. The van der Waals surface area contributed by atoms with Crippen LogP contribution in [0.25, 0.3) is 22.8 Å². The number of hydrogen-bond donors (Lipinski definition) is 0. The number of hydrogen-bond acceptors (Lipinski definition) is 7. The molecule has 2 heterocycles. The van der Waals surface area contributed by atoms with Crippen molar-refractivity contribution in [2.75, 3.05) is 7.11 Å². The van der Waals surface area contributed by atoms with Crippen molar-refractivity contribution >= 4 is 11.8 Å². The molecule has 7 heteroatoms. The van der Waals surface area contributed by atoms with Gasteiger partial charge in [0.2, 0.25) is 17.6 Å². The highest BCUT2D eigenvalue weighted by atomic mass is 32.2. The van der Waals surface area contributed by atoms with Gasteiger partial charge < -0.3 is 13.7 Å². The largest absolute Gasteiger partial charge is 0.497 e. The molecule has 2 aromatic carbocycles. The molecule has 0 N–H and O–H groups in total. The van der Waals surface area contributed by atoms with E-state index in [4.69, 9.17) is 13.7 Å². The van der Waals surface area contributed by atoms with Gasteiger partial charge in [0.1, 0.15) is 12.0 Å². The van der Waals surface area contributed by atoms with Crippen LogP contribution < -0.4 is 4.74 Å². The van der Waals surface area contributed by atoms with Gasteiger partial charge in [-0.1, -0.05) is 35.0 Å². The highest BCUT2D eigenvalue weighted by Crippen LogP contribution is 2.24. The van der Waals surface area contributed by atoms with E-state index >= 15 is 0 Å². The summed E-state index contributed by atoms with van der Waals surface area (Å²) in [6.45, 7) is 2.05. The Balaban J connectivity index is 1.33. The first-order valence-corrected chi connectivity index (χ1v) is 9.93. The van der Waals surface area contributed by atoms with Gasteiger partial charge >= 0.3 is 0 Å². The van der Waals surface area contributed by atoms with E-state index < -0.39 is 0 Å². The van der Waals surface area contributed by atoms with Gasteiger partial charge in [-0.3, -0.25) is 0 Å². The molecule has 0 saturated carbocycles.